The van der Waals surface area contributed by atoms with Gasteiger partial charge in [0.2, 0.25) is 0 Å². The number of nitrogens with zero attached hydrogens (tertiary/aromatic N) is 2. The Balaban J connectivity index is 1.55. The Labute approximate surface area is 150 Å². The maximum Gasteiger partial charge on any atom is 0.183 e. The number of Topliss-reactive ketones (excluding diaryl/α,β-unsaturated/α-hetero) is 1. The van der Waals surface area contributed by atoms with Crippen LogP contribution in [0, 0.1) is 13.8 Å². The maximum atomic E-state index is 13.0. The maximum absolute atomic E-state index is 13.0. The van der Waals surface area contributed by atoms with Crippen molar-refractivity contribution >= 4 is 11.5 Å². The number of ketones is 1. The van der Waals surface area contributed by atoms with Crippen LogP contribution < -0.4 is 4.90 Å². The van der Waals surface area contributed by atoms with Crippen molar-refractivity contribution in [3.63, 3.8) is 0 Å². The van der Waals surface area contributed by atoms with E-state index in [2.05, 4.69) is 53.6 Å². The summed E-state index contributed by atoms with van der Waals surface area (Å²) in [6, 6.07) is 11.2. The largest absolute Gasteiger partial charge is 0.363 e. The minimum atomic E-state index is 0.256. The van der Waals surface area contributed by atoms with E-state index in [9.17, 15) is 4.79 Å². The molecule has 0 N–H and O–H groups in total. The van der Waals surface area contributed by atoms with E-state index < -0.39 is 0 Å². The predicted octanol–water partition coefficient (Wildman–Crippen LogP) is 4.86. The molecule has 0 radical (unpaired) electrons. The number of carbonyl (C=O) groups excluding carboxylic acids is 1. The average Bonchev–Trinajstić information content (AvgIpc) is 3.17. The Hall–Kier alpha value is -2.03. The van der Waals surface area contributed by atoms with Crippen molar-refractivity contribution in [2.75, 3.05) is 18.0 Å². The van der Waals surface area contributed by atoms with Gasteiger partial charge in [-0.1, -0.05) is 37.5 Å². The Bertz CT molecular complexity index is 783. The highest BCUT2D eigenvalue weighted by Crippen LogP contribution is 2.33. The van der Waals surface area contributed by atoms with Gasteiger partial charge in [-0.15, -0.1) is 0 Å². The average molecular weight is 336 g/mol. The summed E-state index contributed by atoms with van der Waals surface area (Å²) in [6.45, 7) is 5.73. The van der Waals surface area contributed by atoms with E-state index in [1.54, 1.807) is 0 Å². The molecule has 1 aromatic heterocycles. The Morgan fingerprint density at radius 1 is 1.12 bits per heavy atom. The molecule has 0 bridgehead atoms. The Kier molecular flexibility index (Phi) is 4.41. The Morgan fingerprint density at radius 3 is 2.68 bits per heavy atom. The van der Waals surface area contributed by atoms with Crippen LogP contribution in [0.25, 0.3) is 0 Å². The van der Waals surface area contributed by atoms with Gasteiger partial charge in [-0.3, -0.25) is 4.79 Å². The smallest absolute Gasteiger partial charge is 0.183 e. The second kappa shape index (κ2) is 6.70. The Morgan fingerprint density at radius 2 is 1.88 bits per heavy atom. The van der Waals surface area contributed by atoms with Crippen molar-refractivity contribution in [1.29, 1.82) is 0 Å². The van der Waals surface area contributed by atoms with Crippen LogP contribution >= 0.6 is 0 Å². The highest BCUT2D eigenvalue weighted by Gasteiger charge is 2.25. The van der Waals surface area contributed by atoms with Crippen LogP contribution in [0.3, 0.4) is 0 Å². The molecule has 0 spiro atoms. The number of hydrogen-bond donors (Lipinski definition) is 0. The monoisotopic (exact) mass is 336 g/mol. The summed E-state index contributed by atoms with van der Waals surface area (Å²) in [5.74, 6) is 0.256. The van der Waals surface area contributed by atoms with Gasteiger partial charge in [0.15, 0.2) is 5.78 Å². The van der Waals surface area contributed by atoms with Crippen LogP contribution in [0.1, 0.15) is 65.5 Å². The molecule has 2 aromatic rings. The highest BCUT2D eigenvalue weighted by atomic mass is 16.1. The van der Waals surface area contributed by atoms with Gasteiger partial charge in [-0.05, 0) is 50.8 Å². The number of fused-ring (bicyclic) bond motifs is 1. The molecule has 1 fully saturated rings. The van der Waals surface area contributed by atoms with Gasteiger partial charge in [0, 0.05) is 35.2 Å². The van der Waals surface area contributed by atoms with Gasteiger partial charge in [-0.2, -0.15) is 0 Å². The fraction of sp³-hybridized carbons (Fsp3) is 0.500. The molecule has 132 valence electrons. The van der Waals surface area contributed by atoms with Crippen molar-refractivity contribution in [2.45, 2.75) is 58.4 Å². The normalized spacial score (nSPS) is 17.8. The van der Waals surface area contributed by atoms with Crippen molar-refractivity contribution in [1.82, 2.24) is 4.57 Å². The third-order valence-electron chi connectivity index (χ3n) is 6.04. The lowest BCUT2D eigenvalue weighted by Gasteiger charge is -2.26. The molecule has 2 aliphatic rings. The minimum Gasteiger partial charge on any atom is -0.363 e. The van der Waals surface area contributed by atoms with E-state index in [1.165, 1.54) is 54.7 Å². The van der Waals surface area contributed by atoms with Crippen LogP contribution in [0.5, 0.6) is 0 Å². The third kappa shape index (κ3) is 3.01. The number of para-hydroxylation sites is 1. The number of anilines is 1. The number of hydrogen-bond acceptors (Lipinski definition) is 2. The molecule has 1 aliphatic heterocycles. The van der Waals surface area contributed by atoms with Crippen LogP contribution in [-0.2, 0) is 6.42 Å². The van der Waals surface area contributed by atoms with E-state index >= 15 is 0 Å². The molecule has 0 amide bonds. The topological polar surface area (TPSA) is 25.2 Å². The molecule has 0 unspecified atom stereocenters. The van der Waals surface area contributed by atoms with E-state index in [-0.39, 0.29) is 5.78 Å². The summed E-state index contributed by atoms with van der Waals surface area (Å²) in [5.41, 5.74) is 5.93. The third-order valence-corrected chi connectivity index (χ3v) is 6.04. The zero-order valence-corrected chi connectivity index (χ0v) is 15.4. The molecule has 0 atom stereocenters. The summed E-state index contributed by atoms with van der Waals surface area (Å²) < 4.78 is 2.43. The van der Waals surface area contributed by atoms with E-state index in [1.807, 2.05) is 0 Å². The second-order valence-electron chi connectivity index (χ2n) is 7.67. The number of benzene rings is 1. The summed E-state index contributed by atoms with van der Waals surface area (Å²) in [7, 11) is 0. The van der Waals surface area contributed by atoms with Gasteiger partial charge >= 0.3 is 0 Å². The second-order valence-corrected chi connectivity index (χ2v) is 7.67. The van der Waals surface area contributed by atoms with Crippen molar-refractivity contribution < 1.29 is 4.79 Å². The fourth-order valence-electron chi connectivity index (χ4n) is 4.79. The van der Waals surface area contributed by atoms with Gasteiger partial charge < -0.3 is 9.47 Å². The zero-order valence-electron chi connectivity index (χ0n) is 15.4. The molecule has 3 heteroatoms. The molecule has 3 nitrogen and oxygen atoms in total. The molecule has 0 saturated heterocycles. The lowest BCUT2D eigenvalue weighted by molar-refractivity contribution is 0.0998. The van der Waals surface area contributed by atoms with E-state index in [0.717, 1.165) is 18.5 Å². The summed E-state index contributed by atoms with van der Waals surface area (Å²) in [6.07, 6.45) is 7.54. The summed E-state index contributed by atoms with van der Waals surface area (Å²) >= 11 is 0. The SMILES string of the molecule is Cc1cc(C(=O)CN2CCc3ccccc32)c(C)n1C1CCCCC1. The van der Waals surface area contributed by atoms with Gasteiger partial charge in [0.25, 0.3) is 0 Å². The zero-order chi connectivity index (χ0) is 17.4. The van der Waals surface area contributed by atoms with E-state index in [4.69, 9.17) is 0 Å². The first kappa shape index (κ1) is 16.4. The van der Waals surface area contributed by atoms with Crippen molar-refractivity contribution in [3.8, 4) is 0 Å². The number of carbonyl (C=O) groups is 1. The lowest BCUT2D eigenvalue weighted by atomic mass is 9.95. The molecular weight excluding hydrogens is 308 g/mol. The summed E-state index contributed by atoms with van der Waals surface area (Å²) in [5, 5.41) is 0. The lowest BCUT2D eigenvalue weighted by Crippen LogP contribution is -2.28. The molecular formula is C22H28N2O. The molecule has 1 aliphatic carbocycles. The quantitative estimate of drug-likeness (QED) is 0.745. The molecule has 4 rings (SSSR count). The first-order valence-electron chi connectivity index (χ1n) is 9.69. The fourth-order valence-corrected chi connectivity index (χ4v) is 4.79. The first-order valence-corrected chi connectivity index (χ1v) is 9.69. The standard InChI is InChI=1S/C22H28N2O/c1-16-14-20(17(2)24(16)19-9-4-3-5-10-19)22(25)15-23-13-12-18-8-6-7-11-21(18)23/h6-8,11,14,19H,3-5,9-10,12-13,15H2,1-2H3. The molecule has 25 heavy (non-hydrogen) atoms. The van der Waals surface area contributed by atoms with Crippen LogP contribution in [0.15, 0.2) is 30.3 Å². The number of rotatable bonds is 4. The highest BCUT2D eigenvalue weighted by molar-refractivity contribution is 6.00. The number of aromatic nitrogens is 1. The van der Waals surface area contributed by atoms with Gasteiger partial charge in [0.05, 0.1) is 6.54 Å². The summed E-state index contributed by atoms with van der Waals surface area (Å²) in [4.78, 5) is 15.3. The minimum absolute atomic E-state index is 0.256. The van der Waals surface area contributed by atoms with E-state index in [0.29, 0.717) is 12.6 Å². The predicted molar refractivity (Wildman–Crippen MR) is 103 cm³/mol. The van der Waals surface area contributed by atoms with Crippen LogP contribution in [-0.4, -0.2) is 23.4 Å². The van der Waals surface area contributed by atoms with Gasteiger partial charge in [-0.25, -0.2) is 0 Å². The molecule has 1 aromatic carbocycles. The van der Waals surface area contributed by atoms with Gasteiger partial charge in [0.1, 0.15) is 0 Å². The van der Waals surface area contributed by atoms with Crippen LogP contribution in [0.2, 0.25) is 0 Å². The first-order chi connectivity index (χ1) is 12.1. The molecule has 1 saturated carbocycles. The van der Waals surface area contributed by atoms with Crippen molar-refractivity contribution in [3.05, 3.63) is 52.8 Å². The molecule has 2 heterocycles. The van der Waals surface area contributed by atoms with Crippen LogP contribution in [0.4, 0.5) is 5.69 Å². The number of aryl methyl sites for hydroxylation is 1. The van der Waals surface area contributed by atoms with Crippen molar-refractivity contribution in [2.24, 2.45) is 0 Å².